The number of rotatable bonds is 4. The van der Waals surface area contributed by atoms with Crippen molar-refractivity contribution in [1.82, 2.24) is 14.3 Å². The van der Waals surface area contributed by atoms with Gasteiger partial charge in [-0.05, 0) is 43.9 Å². The Morgan fingerprint density at radius 3 is 2.58 bits per heavy atom. The Morgan fingerprint density at radius 1 is 1.12 bits per heavy atom. The average molecular weight is 367 g/mol. The SMILES string of the molecule is O=S(=O)(C1CC1)N1CCC(Nc2ncnc3cc(Cl)ccc23)CC1. The Morgan fingerprint density at radius 2 is 1.88 bits per heavy atom. The smallest absolute Gasteiger partial charge is 0.216 e. The zero-order valence-corrected chi connectivity index (χ0v) is 14.7. The van der Waals surface area contributed by atoms with Crippen LogP contribution in [0.5, 0.6) is 0 Å². The fraction of sp³-hybridized carbons (Fsp3) is 0.500. The van der Waals surface area contributed by atoms with E-state index in [1.165, 1.54) is 6.33 Å². The largest absolute Gasteiger partial charge is 0.367 e. The second kappa shape index (κ2) is 6.13. The van der Waals surface area contributed by atoms with Gasteiger partial charge in [0, 0.05) is 29.5 Å². The highest BCUT2D eigenvalue weighted by Gasteiger charge is 2.41. The lowest BCUT2D eigenvalue weighted by Crippen LogP contribution is -2.43. The van der Waals surface area contributed by atoms with Crippen LogP contribution in [0.4, 0.5) is 5.82 Å². The summed E-state index contributed by atoms with van der Waals surface area (Å²) >= 11 is 6.01. The molecule has 0 bridgehead atoms. The maximum atomic E-state index is 12.3. The van der Waals surface area contributed by atoms with Gasteiger partial charge in [-0.2, -0.15) is 0 Å². The van der Waals surface area contributed by atoms with Gasteiger partial charge in [0.05, 0.1) is 10.8 Å². The number of hydrogen-bond donors (Lipinski definition) is 1. The Labute approximate surface area is 146 Å². The molecule has 2 heterocycles. The van der Waals surface area contributed by atoms with E-state index in [4.69, 9.17) is 11.6 Å². The first-order chi connectivity index (χ1) is 11.5. The molecule has 1 aliphatic carbocycles. The van der Waals surface area contributed by atoms with Crippen LogP contribution in [0.2, 0.25) is 5.02 Å². The molecule has 1 aliphatic heterocycles. The highest BCUT2D eigenvalue weighted by Crippen LogP contribution is 2.33. The molecule has 6 nitrogen and oxygen atoms in total. The van der Waals surface area contributed by atoms with E-state index >= 15 is 0 Å². The van der Waals surface area contributed by atoms with E-state index in [0.29, 0.717) is 18.1 Å². The fourth-order valence-electron chi connectivity index (χ4n) is 3.17. The van der Waals surface area contributed by atoms with E-state index in [0.717, 1.165) is 42.4 Å². The van der Waals surface area contributed by atoms with E-state index < -0.39 is 10.0 Å². The number of piperidine rings is 1. The predicted octanol–water partition coefficient (Wildman–Crippen LogP) is 2.65. The fourth-order valence-corrected chi connectivity index (χ4v) is 5.21. The van der Waals surface area contributed by atoms with Crippen LogP contribution < -0.4 is 5.32 Å². The van der Waals surface area contributed by atoms with Gasteiger partial charge in [0.2, 0.25) is 10.0 Å². The van der Waals surface area contributed by atoms with Crippen LogP contribution in [-0.4, -0.2) is 47.1 Å². The lowest BCUT2D eigenvalue weighted by atomic mass is 10.1. The van der Waals surface area contributed by atoms with Crippen molar-refractivity contribution in [2.45, 2.75) is 37.0 Å². The van der Waals surface area contributed by atoms with E-state index in [1.54, 1.807) is 4.31 Å². The van der Waals surface area contributed by atoms with E-state index in [2.05, 4.69) is 15.3 Å². The minimum atomic E-state index is -3.06. The number of sulfonamides is 1. The Balaban J connectivity index is 1.46. The van der Waals surface area contributed by atoms with Crippen molar-refractivity contribution in [2.75, 3.05) is 18.4 Å². The zero-order valence-electron chi connectivity index (χ0n) is 13.2. The third-order valence-electron chi connectivity index (χ3n) is 4.70. The summed E-state index contributed by atoms with van der Waals surface area (Å²) in [5.74, 6) is 0.778. The molecule has 2 aliphatic rings. The average Bonchev–Trinajstić information content (AvgIpc) is 3.41. The van der Waals surface area contributed by atoms with Gasteiger partial charge in [-0.25, -0.2) is 22.7 Å². The minimum Gasteiger partial charge on any atom is -0.367 e. The lowest BCUT2D eigenvalue weighted by Gasteiger charge is -2.32. The van der Waals surface area contributed by atoms with Gasteiger partial charge in [-0.15, -0.1) is 0 Å². The first-order valence-corrected chi connectivity index (χ1v) is 10.1. The number of nitrogens with one attached hydrogen (secondary N) is 1. The van der Waals surface area contributed by atoms with Crippen molar-refractivity contribution in [2.24, 2.45) is 0 Å². The third kappa shape index (κ3) is 3.08. The summed E-state index contributed by atoms with van der Waals surface area (Å²) < 4.78 is 26.2. The Hall–Kier alpha value is -1.44. The van der Waals surface area contributed by atoms with Crippen LogP contribution in [0.15, 0.2) is 24.5 Å². The number of benzene rings is 1. The second-order valence-corrected chi connectivity index (χ2v) is 9.10. The van der Waals surface area contributed by atoms with Gasteiger partial charge in [0.1, 0.15) is 12.1 Å². The van der Waals surface area contributed by atoms with Crippen molar-refractivity contribution < 1.29 is 8.42 Å². The molecule has 0 radical (unpaired) electrons. The summed E-state index contributed by atoms with van der Waals surface area (Å²) in [6, 6.07) is 5.76. The molecular weight excluding hydrogens is 348 g/mol. The Kier molecular flexibility index (Phi) is 4.10. The number of anilines is 1. The summed E-state index contributed by atoms with van der Waals surface area (Å²) in [6.45, 7) is 1.15. The molecule has 128 valence electrons. The first kappa shape index (κ1) is 16.1. The summed E-state index contributed by atoms with van der Waals surface area (Å²) in [5, 5.41) is 4.89. The maximum Gasteiger partial charge on any atom is 0.216 e. The molecule has 0 atom stereocenters. The molecular formula is C16H19ClN4O2S. The molecule has 0 spiro atoms. The van der Waals surface area contributed by atoms with Gasteiger partial charge in [-0.3, -0.25) is 0 Å². The highest BCUT2D eigenvalue weighted by molar-refractivity contribution is 7.90. The van der Waals surface area contributed by atoms with E-state index in [1.807, 2.05) is 18.2 Å². The molecule has 1 saturated heterocycles. The van der Waals surface area contributed by atoms with Crippen LogP contribution in [0.1, 0.15) is 25.7 Å². The minimum absolute atomic E-state index is 0.127. The molecule has 1 aromatic carbocycles. The van der Waals surface area contributed by atoms with Crippen molar-refractivity contribution in [3.8, 4) is 0 Å². The number of aromatic nitrogens is 2. The summed E-state index contributed by atoms with van der Waals surface area (Å²) in [6.07, 6.45) is 4.72. The van der Waals surface area contributed by atoms with Crippen molar-refractivity contribution in [1.29, 1.82) is 0 Å². The molecule has 0 unspecified atom stereocenters. The van der Waals surface area contributed by atoms with Gasteiger partial charge in [0.25, 0.3) is 0 Å². The molecule has 8 heteroatoms. The lowest BCUT2D eigenvalue weighted by molar-refractivity contribution is 0.329. The van der Waals surface area contributed by atoms with Gasteiger partial charge >= 0.3 is 0 Å². The summed E-state index contributed by atoms with van der Waals surface area (Å²) in [5.41, 5.74) is 0.800. The summed E-state index contributed by atoms with van der Waals surface area (Å²) in [4.78, 5) is 8.58. The van der Waals surface area contributed by atoms with Crippen LogP contribution in [0.3, 0.4) is 0 Å². The molecule has 4 rings (SSSR count). The standard InChI is InChI=1S/C16H19ClN4O2S/c17-11-1-4-14-15(9-11)18-10-19-16(14)20-12-5-7-21(8-6-12)24(22,23)13-2-3-13/h1,4,9-10,12-13H,2-3,5-8H2,(H,18,19,20). The molecule has 2 fully saturated rings. The predicted molar refractivity (Wildman–Crippen MR) is 94.7 cm³/mol. The van der Waals surface area contributed by atoms with Gasteiger partial charge < -0.3 is 5.32 Å². The number of hydrogen-bond acceptors (Lipinski definition) is 5. The maximum absolute atomic E-state index is 12.3. The number of nitrogens with zero attached hydrogens (tertiary/aromatic N) is 3. The number of halogens is 1. The van der Waals surface area contributed by atoms with Crippen LogP contribution in [0, 0.1) is 0 Å². The topological polar surface area (TPSA) is 75.2 Å². The number of fused-ring (bicyclic) bond motifs is 1. The van der Waals surface area contributed by atoms with Crippen molar-refractivity contribution >= 4 is 38.3 Å². The van der Waals surface area contributed by atoms with Gasteiger partial charge in [0.15, 0.2) is 0 Å². The van der Waals surface area contributed by atoms with Crippen molar-refractivity contribution in [3.05, 3.63) is 29.5 Å². The first-order valence-electron chi connectivity index (χ1n) is 8.20. The quantitative estimate of drug-likeness (QED) is 0.900. The van der Waals surface area contributed by atoms with Crippen LogP contribution >= 0.6 is 11.6 Å². The molecule has 1 aromatic heterocycles. The highest BCUT2D eigenvalue weighted by atomic mass is 35.5. The third-order valence-corrected chi connectivity index (χ3v) is 7.33. The van der Waals surface area contributed by atoms with E-state index in [-0.39, 0.29) is 11.3 Å². The van der Waals surface area contributed by atoms with E-state index in [9.17, 15) is 8.42 Å². The van der Waals surface area contributed by atoms with Crippen LogP contribution in [0.25, 0.3) is 10.9 Å². The Bertz CT molecular complexity index is 862. The van der Waals surface area contributed by atoms with Crippen LogP contribution in [-0.2, 0) is 10.0 Å². The van der Waals surface area contributed by atoms with Gasteiger partial charge in [-0.1, -0.05) is 11.6 Å². The normalized spacial score (nSPS) is 20.4. The molecule has 1 saturated carbocycles. The molecule has 24 heavy (non-hydrogen) atoms. The summed E-state index contributed by atoms with van der Waals surface area (Å²) in [7, 11) is -3.06. The molecule has 2 aromatic rings. The van der Waals surface area contributed by atoms with Crippen molar-refractivity contribution in [3.63, 3.8) is 0 Å². The monoisotopic (exact) mass is 366 g/mol. The molecule has 0 amide bonds. The molecule has 1 N–H and O–H groups in total. The zero-order chi connectivity index (χ0) is 16.7. The second-order valence-electron chi connectivity index (χ2n) is 6.45.